The summed E-state index contributed by atoms with van der Waals surface area (Å²) in [6, 6.07) is 2.87. The average Bonchev–Trinajstić information content (AvgIpc) is 2.79. The topological polar surface area (TPSA) is 29.0 Å². The lowest BCUT2D eigenvalue weighted by atomic mass is 9.94. The Kier molecular flexibility index (Phi) is 3.20. The van der Waals surface area contributed by atoms with Gasteiger partial charge in [0.2, 0.25) is 0 Å². The summed E-state index contributed by atoms with van der Waals surface area (Å²) >= 11 is 1.75. The Labute approximate surface area is 112 Å². The normalized spacial score (nSPS) is 17.2. The molecule has 18 heavy (non-hydrogen) atoms. The van der Waals surface area contributed by atoms with Crippen molar-refractivity contribution in [1.82, 2.24) is 9.97 Å². The van der Waals surface area contributed by atoms with Crippen LogP contribution in [0.25, 0.3) is 10.2 Å². The molecule has 1 saturated carbocycles. The minimum absolute atomic E-state index is 0.650. The van der Waals surface area contributed by atoms with Gasteiger partial charge >= 0.3 is 0 Å². The lowest BCUT2D eigenvalue weighted by molar-refractivity contribution is 0.426. The molecule has 4 heteroatoms. The third-order valence-electron chi connectivity index (χ3n) is 3.89. The van der Waals surface area contributed by atoms with Crippen molar-refractivity contribution in [2.45, 2.75) is 45.1 Å². The van der Waals surface area contributed by atoms with Gasteiger partial charge in [0.1, 0.15) is 17.0 Å². The van der Waals surface area contributed by atoms with E-state index < -0.39 is 0 Å². The zero-order chi connectivity index (χ0) is 12.5. The summed E-state index contributed by atoms with van der Waals surface area (Å²) in [4.78, 5) is 13.7. The van der Waals surface area contributed by atoms with Crippen LogP contribution in [0.15, 0.2) is 12.4 Å². The van der Waals surface area contributed by atoms with Crippen LogP contribution in [-0.2, 0) is 0 Å². The molecule has 0 spiro atoms. The number of aryl methyl sites for hydroxylation is 1. The third kappa shape index (κ3) is 2.09. The van der Waals surface area contributed by atoms with Crippen molar-refractivity contribution in [2.75, 3.05) is 11.9 Å². The van der Waals surface area contributed by atoms with Crippen LogP contribution in [0.4, 0.5) is 5.82 Å². The molecule has 0 bridgehead atoms. The predicted molar refractivity (Wildman–Crippen MR) is 77.4 cm³/mol. The van der Waals surface area contributed by atoms with Gasteiger partial charge in [-0.1, -0.05) is 19.3 Å². The van der Waals surface area contributed by atoms with Crippen LogP contribution < -0.4 is 4.90 Å². The SMILES string of the molecule is Cc1cc2c(N(C)C3CCCCC3)ncnc2s1. The van der Waals surface area contributed by atoms with E-state index in [0.29, 0.717) is 6.04 Å². The second-order valence-electron chi connectivity index (χ2n) is 5.18. The van der Waals surface area contributed by atoms with Crippen LogP contribution in [0.1, 0.15) is 37.0 Å². The van der Waals surface area contributed by atoms with E-state index in [2.05, 4.69) is 34.9 Å². The highest BCUT2D eigenvalue weighted by atomic mass is 32.1. The van der Waals surface area contributed by atoms with E-state index >= 15 is 0 Å². The van der Waals surface area contributed by atoms with Gasteiger partial charge in [0, 0.05) is 18.0 Å². The van der Waals surface area contributed by atoms with Gasteiger partial charge in [-0.15, -0.1) is 11.3 Å². The predicted octanol–water partition coefficient (Wildman–Crippen LogP) is 3.77. The van der Waals surface area contributed by atoms with Crippen LogP contribution in [0, 0.1) is 6.92 Å². The second-order valence-corrected chi connectivity index (χ2v) is 6.41. The van der Waals surface area contributed by atoms with Crippen LogP contribution in [0.5, 0.6) is 0 Å². The molecule has 1 aliphatic rings. The molecule has 3 nitrogen and oxygen atoms in total. The molecule has 2 aromatic heterocycles. The van der Waals surface area contributed by atoms with E-state index in [9.17, 15) is 0 Å². The Morgan fingerprint density at radius 2 is 2.00 bits per heavy atom. The molecule has 0 saturated heterocycles. The highest BCUT2D eigenvalue weighted by Gasteiger charge is 2.21. The van der Waals surface area contributed by atoms with Crippen molar-refractivity contribution in [3.05, 3.63) is 17.3 Å². The number of thiophene rings is 1. The first-order valence-electron chi connectivity index (χ1n) is 6.69. The Morgan fingerprint density at radius 3 is 2.78 bits per heavy atom. The summed E-state index contributed by atoms with van der Waals surface area (Å²) in [5.41, 5.74) is 0. The first-order valence-corrected chi connectivity index (χ1v) is 7.51. The third-order valence-corrected chi connectivity index (χ3v) is 4.85. The molecule has 0 aliphatic heterocycles. The largest absolute Gasteiger partial charge is 0.356 e. The van der Waals surface area contributed by atoms with E-state index in [0.717, 1.165) is 10.6 Å². The highest BCUT2D eigenvalue weighted by molar-refractivity contribution is 7.18. The van der Waals surface area contributed by atoms with Crippen LogP contribution in [0.3, 0.4) is 0 Å². The van der Waals surface area contributed by atoms with Crippen molar-refractivity contribution >= 4 is 27.4 Å². The first kappa shape index (κ1) is 11.9. The maximum Gasteiger partial charge on any atom is 0.140 e. The molecule has 3 rings (SSSR count). The van der Waals surface area contributed by atoms with Gasteiger partial charge in [0.15, 0.2) is 0 Å². The monoisotopic (exact) mass is 261 g/mol. The highest BCUT2D eigenvalue weighted by Crippen LogP contribution is 2.32. The molecule has 0 unspecified atom stereocenters. The van der Waals surface area contributed by atoms with Crippen molar-refractivity contribution in [2.24, 2.45) is 0 Å². The van der Waals surface area contributed by atoms with Crippen molar-refractivity contribution in [3.63, 3.8) is 0 Å². The van der Waals surface area contributed by atoms with E-state index in [4.69, 9.17) is 0 Å². The maximum absolute atomic E-state index is 4.52. The molecule has 0 aromatic carbocycles. The number of nitrogens with zero attached hydrogens (tertiary/aromatic N) is 3. The number of hydrogen-bond acceptors (Lipinski definition) is 4. The fraction of sp³-hybridized carbons (Fsp3) is 0.571. The molecular weight excluding hydrogens is 242 g/mol. The molecule has 1 aliphatic carbocycles. The number of hydrogen-bond donors (Lipinski definition) is 0. The van der Waals surface area contributed by atoms with Gasteiger partial charge in [-0.2, -0.15) is 0 Å². The maximum atomic E-state index is 4.52. The van der Waals surface area contributed by atoms with E-state index in [1.807, 2.05) is 0 Å². The summed E-state index contributed by atoms with van der Waals surface area (Å²) in [7, 11) is 2.19. The van der Waals surface area contributed by atoms with E-state index in [1.54, 1.807) is 17.7 Å². The van der Waals surface area contributed by atoms with E-state index in [1.165, 1.54) is 42.4 Å². The molecule has 1 fully saturated rings. The number of fused-ring (bicyclic) bond motifs is 1. The Bertz CT molecular complexity index is 543. The molecule has 2 heterocycles. The molecule has 0 N–H and O–H groups in total. The number of anilines is 1. The molecule has 96 valence electrons. The summed E-state index contributed by atoms with van der Waals surface area (Å²) in [5, 5.41) is 1.22. The van der Waals surface area contributed by atoms with Gasteiger partial charge in [-0.3, -0.25) is 0 Å². The van der Waals surface area contributed by atoms with Crippen molar-refractivity contribution in [3.8, 4) is 0 Å². The summed E-state index contributed by atoms with van der Waals surface area (Å²) in [5.74, 6) is 1.11. The van der Waals surface area contributed by atoms with Gasteiger partial charge < -0.3 is 4.90 Å². The van der Waals surface area contributed by atoms with Gasteiger partial charge in [0.05, 0.1) is 5.39 Å². The lowest BCUT2D eigenvalue weighted by Crippen LogP contribution is -2.34. The summed E-state index contributed by atoms with van der Waals surface area (Å²) in [6.45, 7) is 2.14. The van der Waals surface area contributed by atoms with Crippen molar-refractivity contribution < 1.29 is 0 Å². The zero-order valence-corrected chi connectivity index (χ0v) is 11.8. The average molecular weight is 261 g/mol. The Hall–Kier alpha value is -1.16. The van der Waals surface area contributed by atoms with Crippen LogP contribution in [0.2, 0.25) is 0 Å². The smallest absolute Gasteiger partial charge is 0.140 e. The standard InChI is InChI=1S/C14H19N3S/c1-10-8-12-13(15-9-16-14(12)18-10)17(2)11-6-4-3-5-7-11/h8-9,11H,3-7H2,1-2H3. The number of rotatable bonds is 2. The first-order chi connectivity index (χ1) is 8.75. The quantitative estimate of drug-likeness (QED) is 0.824. The molecule has 0 amide bonds. The fourth-order valence-corrected chi connectivity index (χ4v) is 3.73. The summed E-state index contributed by atoms with van der Waals surface area (Å²) in [6.07, 6.45) is 8.39. The molecule has 0 radical (unpaired) electrons. The molecule has 0 atom stereocenters. The lowest BCUT2D eigenvalue weighted by Gasteiger charge is -2.32. The second kappa shape index (κ2) is 4.84. The number of aromatic nitrogens is 2. The van der Waals surface area contributed by atoms with Gasteiger partial charge in [0.25, 0.3) is 0 Å². The van der Waals surface area contributed by atoms with Gasteiger partial charge in [-0.25, -0.2) is 9.97 Å². The summed E-state index contributed by atoms with van der Waals surface area (Å²) < 4.78 is 0. The van der Waals surface area contributed by atoms with Crippen LogP contribution in [-0.4, -0.2) is 23.1 Å². The minimum Gasteiger partial charge on any atom is -0.356 e. The Balaban J connectivity index is 1.97. The van der Waals surface area contributed by atoms with Crippen LogP contribution >= 0.6 is 11.3 Å². The zero-order valence-electron chi connectivity index (χ0n) is 11.0. The molecular formula is C14H19N3S. The van der Waals surface area contributed by atoms with Gasteiger partial charge in [-0.05, 0) is 25.8 Å². The van der Waals surface area contributed by atoms with E-state index in [-0.39, 0.29) is 0 Å². The Morgan fingerprint density at radius 1 is 1.22 bits per heavy atom. The van der Waals surface area contributed by atoms with Crippen molar-refractivity contribution in [1.29, 1.82) is 0 Å². The minimum atomic E-state index is 0.650. The fourth-order valence-electron chi connectivity index (χ4n) is 2.89. The molecule has 2 aromatic rings.